The highest BCUT2D eigenvalue weighted by Crippen LogP contribution is 2.33. The van der Waals surface area contributed by atoms with Crippen molar-refractivity contribution < 1.29 is 9.90 Å². The number of imidazole rings is 1. The number of carboxylic acids is 1. The molecule has 1 saturated carbocycles. The van der Waals surface area contributed by atoms with Gasteiger partial charge < -0.3 is 10.1 Å². The molecule has 1 fully saturated rings. The third-order valence-electron chi connectivity index (χ3n) is 3.08. The zero-order valence-corrected chi connectivity index (χ0v) is 10.6. The maximum absolute atomic E-state index is 10.5. The monoisotopic (exact) mass is 286 g/mol. The number of aromatic nitrogens is 2. The average molecular weight is 287 g/mol. The van der Waals surface area contributed by atoms with Crippen molar-refractivity contribution in [2.45, 2.75) is 44.4 Å². The standard InChI is InChI=1S/C11H15BrN2O2/c12-10-8(5-6-9(15)16)13-11(14-10)7-3-1-2-4-7/h7H,1-6H2,(H,13,14)(H,15,16). The number of halogens is 1. The fourth-order valence-corrected chi connectivity index (χ4v) is 2.69. The number of rotatable bonds is 4. The number of nitrogens with one attached hydrogen (secondary N) is 1. The molecule has 1 aromatic heterocycles. The Morgan fingerprint density at radius 2 is 2.19 bits per heavy atom. The molecule has 5 heteroatoms. The van der Waals surface area contributed by atoms with Crippen LogP contribution in [0.15, 0.2) is 4.60 Å². The van der Waals surface area contributed by atoms with Gasteiger partial charge in [-0.25, -0.2) is 4.98 Å². The van der Waals surface area contributed by atoms with Crippen LogP contribution in [0, 0.1) is 0 Å². The van der Waals surface area contributed by atoms with E-state index in [1.165, 1.54) is 25.7 Å². The van der Waals surface area contributed by atoms with E-state index in [-0.39, 0.29) is 6.42 Å². The molecule has 0 spiro atoms. The largest absolute Gasteiger partial charge is 0.481 e. The number of hydrogen-bond acceptors (Lipinski definition) is 2. The third-order valence-corrected chi connectivity index (χ3v) is 3.73. The van der Waals surface area contributed by atoms with Crippen molar-refractivity contribution in [1.29, 1.82) is 0 Å². The summed E-state index contributed by atoms with van der Waals surface area (Å²) in [5.74, 6) is 0.781. The fraction of sp³-hybridized carbons (Fsp3) is 0.636. The van der Waals surface area contributed by atoms with Gasteiger partial charge >= 0.3 is 5.97 Å². The van der Waals surface area contributed by atoms with Gasteiger partial charge in [0, 0.05) is 18.0 Å². The number of carboxylic acid groups (broad SMARTS) is 1. The summed E-state index contributed by atoms with van der Waals surface area (Å²) >= 11 is 3.38. The van der Waals surface area contributed by atoms with Crippen molar-refractivity contribution in [3.8, 4) is 0 Å². The maximum atomic E-state index is 10.5. The van der Waals surface area contributed by atoms with Crippen LogP contribution in [-0.4, -0.2) is 21.0 Å². The van der Waals surface area contributed by atoms with E-state index < -0.39 is 5.97 Å². The van der Waals surface area contributed by atoms with Crippen LogP contribution in [0.2, 0.25) is 0 Å². The molecule has 0 radical (unpaired) electrons. The van der Waals surface area contributed by atoms with Gasteiger partial charge in [0.15, 0.2) is 0 Å². The number of aromatic amines is 1. The first-order valence-corrected chi connectivity index (χ1v) is 6.42. The molecular weight excluding hydrogens is 272 g/mol. The lowest BCUT2D eigenvalue weighted by molar-refractivity contribution is -0.136. The highest BCUT2D eigenvalue weighted by Gasteiger charge is 2.21. The minimum Gasteiger partial charge on any atom is -0.481 e. The third kappa shape index (κ3) is 2.64. The van der Waals surface area contributed by atoms with Gasteiger partial charge in [0.25, 0.3) is 0 Å². The van der Waals surface area contributed by atoms with E-state index in [9.17, 15) is 4.79 Å². The van der Waals surface area contributed by atoms with Crippen molar-refractivity contribution in [2.24, 2.45) is 0 Å². The minimum atomic E-state index is -0.774. The summed E-state index contributed by atoms with van der Waals surface area (Å²) in [5.41, 5.74) is 0.907. The van der Waals surface area contributed by atoms with Gasteiger partial charge in [0.05, 0.1) is 6.42 Å². The second kappa shape index (κ2) is 4.99. The van der Waals surface area contributed by atoms with E-state index in [1.807, 2.05) is 0 Å². The summed E-state index contributed by atoms with van der Waals surface area (Å²) in [6, 6.07) is 0. The number of aliphatic carboxylic acids is 1. The van der Waals surface area contributed by atoms with E-state index in [0.29, 0.717) is 12.3 Å². The number of nitrogens with zero attached hydrogens (tertiary/aromatic N) is 1. The summed E-state index contributed by atoms with van der Waals surface area (Å²) in [5, 5.41) is 8.63. The first-order valence-electron chi connectivity index (χ1n) is 5.63. The van der Waals surface area contributed by atoms with Gasteiger partial charge in [-0.2, -0.15) is 0 Å². The zero-order chi connectivity index (χ0) is 11.5. The number of aryl methyl sites for hydroxylation is 1. The summed E-state index contributed by atoms with van der Waals surface area (Å²) in [6.45, 7) is 0. The van der Waals surface area contributed by atoms with Gasteiger partial charge in [-0.15, -0.1) is 0 Å². The van der Waals surface area contributed by atoms with E-state index in [4.69, 9.17) is 5.11 Å². The van der Waals surface area contributed by atoms with Gasteiger partial charge in [0.2, 0.25) is 0 Å². The van der Waals surface area contributed by atoms with Crippen LogP contribution in [0.5, 0.6) is 0 Å². The van der Waals surface area contributed by atoms with E-state index in [2.05, 4.69) is 25.9 Å². The molecular formula is C11H15BrN2O2. The molecule has 1 aliphatic rings. The average Bonchev–Trinajstić information content (AvgIpc) is 2.83. The Hall–Kier alpha value is -0.840. The Kier molecular flexibility index (Phi) is 3.63. The van der Waals surface area contributed by atoms with Gasteiger partial charge in [0.1, 0.15) is 10.4 Å². The second-order valence-corrected chi connectivity index (χ2v) is 5.02. The van der Waals surface area contributed by atoms with Crippen LogP contribution >= 0.6 is 15.9 Å². The van der Waals surface area contributed by atoms with Gasteiger partial charge in [-0.05, 0) is 28.8 Å². The van der Waals surface area contributed by atoms with Crippen molar-refractivity contribution in [1.82, 2.24) is 9.97 Å². The summed E-state index contributed by atoms with van der Waals surface area (Å²) < 4.78 is 0.774. The Morgan fingerprint density at radius 3 is 2.81 bits per heavy atom. The van der Waals surface area contributed by atoms with Gasteiger partial charge in [-0.3, -0.25) is 4.79 Å². The summed E-state index contributed by atoms with van der Waals surface area (Å²) in [4.78, 5) is 18.2. The maximum Gasteiger partial charge on any atom is 0.303 e. The quantitative estimate of drug-likeness (QED) is 0.894. The molecule has 0 aromatic carbocycles. The Labute approximate surface area is 103 Å². The normalized spacial score (nSPS) is 16.8. The molecule has 88 valence electrons. The molecule has 0 amide bonds. The predicted octanol–water partition coefficient (Wildman–Crippen LogP) is 2.85. The van der Waals surface area contributed by atoms with Crippen molar-refractivity contribution >= 4 is 21.9 Å². The number of H-pyrrole nitrogens is 1. The molecule has 0 unspecified atom stereocenters. The fourth-order valence-electron chi connectivity index (χ4n) is 2.20. The summed E-state index contributed by atoms with van der Waals surface area (Å²) in [6.07, 6.45) is 5.58. The Balaban J connectivity index is 2.05. The first kappa shape index (κ1) is 11.6. The molecule has 1 heterocycles. The van der Waals surface area contributed by atoms with E-state index in [1.54, 1.807) is 0 Å². The van der Waals surface area contributed by atoms with E-state index in [0.717, 1.165) is 16.1 Å². The second-order valence-electron chi connectivity index (χ2n) is 4.27. The van der Waals surface area contributed by atoms with Crippen LogP contribution in [0.1, 0.15) is 49.5 Å². The molecule has 4 nitrogen and oxygen atoms in total. The molecule has 0 saturated heterocycles. The molecule has 1 aromatic rings. The highest BCUT2D eigenvalue weighted by atomic mass is 79.9. The van der Waals surface area contributed by atoms with Crippen LogP contribution in [0.25, 0.3) is 0 Å². The molecule has 1 aliphatic carbocycles. The zero-order valence-electron chi connectivity index (χ0n) is 9.00. The predicted molar refractivity (Wildman–Crippen MR) is 63.5 cm³/mol. The van der Waals surface area contributed by atoms with Crippen LogP contribution in [0.3, 0.4) is 0 Å². The molecule has 0 bridgehead atoms. The number of hydrogen-bond donors (Lipinski definition) is 2. The lowest BCUT2D eigenvalue weighted by Crippen LogP contribution is -1.99. The molecule has 2 N–H and O–H groups in total. The van der Waals surface area contributed by atoms with E-state index >= 15 is 0 Å². The van der Waals surface area contributed by atoms with Crippen molar-refractivity contribution in [3.05, 3.63) is 16.1 Å². The highest BCUT2D eigenvalue weighted by molar-refractivity contribution is 9.10. The smallest absolute Gasteiger partial charge is 0.303 e. The SMILES string of the molecule is O=C(O)CCc1[nH]c(C2CCCC2)nc1Br. The Bertz CT molecular complexity index is 383. The number of carbonyl (C=O) groups is 1. The van der Waals surface area contributed by atoms with Gasteiger partial charge in [-0.1, -0.05) is 12.8 Å². The summed E-state index contributed by atoms with van der Waals surface area (Å²) in [7, 11) is 0. The first-order chi connectivity index (χ1) is 7.66. The topological polar surface area (TPSA) is 66.0 Å². The van der Waals surface area contributed by atoms with Crippen molar-refractivity contribution in [2.75, 3.05) is 0 Å². The lowest BCUT2D eigenvalue weighted by Gasteiger charge is -2.03. The Morgan fingerprint density at radius 1 is 1.50 bits per heavy atom. The molecule has 0 aliphatic heterocycles. The molecule has 2 rings (SSSR count). The lowest BCUT2D eigenvalue weighted by atomic mass is 10.1. The molecule has 0 atom stereocenters. The van der Waals surface area contributed by atoms with Crippen LogP contribution < -0.4 is 0 Å². The molecule has 16 heavy (non-hydrogen) atoms. The van der Waals surface area contributed by atoms with Crippen LogP contribution in [-0.2, 0) is 11.2 Å². The minimum absolute atomic E-state index is 0.144. The van der Waals surface area contributed by atoms with Crippen molar-refractivity contribution in [3.63, 3.8) is 0 Å². The van der Waals surface area contributed by atoms with Crippen LogP contribution in [0.4, 0.5) is 0 Å².